The van der Waals surface area contributed by atoms with Crippen molar-refractivity contribution < 1.29 is 34.5 Å². The van der Waals surface area contributed by atoms with E-state index in [0.29, 0.717) is 12.8 Å². The molecule has 1 heterocycles. The second kappa shape index (κ2) is 11.4. The first-order valence-corrected chi connectivity index (χ1v) is 12.8. The van der Waals surface area contributed by atoms with E-state index >= 15 is 0 Å². The van der Waals surface area contributed by atoms with E-state index in [1.54, 1.807) is 6.20 Å². The Balaban J connectivity index is 1.45. The molecule has 2 aromatic rings. The number of carbonyl (C=O) groups excluding carboxylic acids is 3. The first-order chi connectivity index (χ1) is 18.1. The van der Waals surface area contributed by atoms with Crippen LogP contribution in [-0.2, 0) is 25.6 Å². The summed E-state index contributed by atoms with van der Waals surface area (Å²) in [6.07, 6.45) is 3.19. The molecule has 0 saturated heterocycles. The zero-order chi connectivity index (χ0) is 27.4. The number of primary amides is 1. The second-order valence-electron chi connectivity index (χ2n) is 10.5. The number of rotatable bonds is 10. The van der Waals surface area contributed by atoms with Gasteiger partial charge in [0.05, 0.1) is 18.6 Å². The van der Waals surface area contributed by atoms with Gasteiger partial charge in [-0.15, -0.1) is 0 Å². The zero-order valence-electron chi connectivity index (χ0n) is 21.0. The molecule has 3 amide bonds. The molecule has 11 nitrogen and oxygen atoms in total. The van der Waals surface area contributed by atoms with Crippen LogP contribution in [0.3, 0.4) is 0 Å². The van der Waals surface area contributed by atoms with Crippen molar-refractivity contribution in [2.24, 2.45) is 11.1 Å². The number of carboxylic acids is 1. The Bertz CT molecular complexity index is 1250. The third kappa shape index (κ3) is 6.22. The molecule has 1 fully saturated rings. The minimum atomic E-state index is -1.35. The number of aromatic amines is 1. The summed E-state index contributed by atoms with van der Waals surface area (Å²) >= 11 is 0. The standard InChI is InChI=1S/C27H34N4O7/c28-25(37)20(10-16-14-29-18-6-2-1-5-17(16)18)31-26(38)15-9-19(24(36)21(32)11-15)30-22(33)12-27(13-23(34)35)7-3-4-8-27/h1-2,5-6,9,14,19-21,24,29,32,36H,3-4,7-8,10-13H2,(H2,28,37)(H,30,33)(H,31,38)(H,34,35)/t19-,20-,21-,24-/m1/s1. The Morgan fingerprint density at radius 1 is 1.11 bits per heavy atom. The quantitative estimate of drug-likeness (QED) is 0.236. The molecule has 8 N–H and O–H groups in total. The molecule has 4 atom stereocenters. The Labute approximate surface area is 219 Å². The molecule has 2 aliphatic carbocycles. The lowest BCUT2D eigenvalue weighted by Crippen LogP contribution is -2.52. The highest BCUT2D eigenvalue weighted by atomic mass is 16.4. The van der Waals surface area contributed by atoms with Crippen molar-refractivity contribution in [3.63, 3.8) is 0 Å². The fourth-order valence-corrected chi connectivity index (χ4v) is 5.70. The Kier molecular flexibility index (Phi) is 8.17. The molecule has 204 valence electrons. The number of nitrogens with two attached hydrogens (primary N) is 1. The Hall–Kier alpha value is -3.70. The number of fused-ring (bicyclic) bond motifs is 1. The van der Waals surface area contributed by atoms with E-state index in [0.717, 1.165) is 29.3 Å². The van der Waals surface area contributed by atoms with Gasteiger partial charge in [0, 0.05) is 41.9 Å². The molecule has 1 aromatic carbocycles. The van der Waals surface area contributed by atoms with E-state index in [9.17, 15) is 34.5 Å². The molecule has 0 aliphatic heterocycles. The van der Waals surface area contributed by atoms with E-state index in [4.69, 9.17) is 5.73 Å². The number of hydrogen-bond acceptors (Lipinski definition) is 6. The van der Waals surface area contributed by atoms with E-state index < -0.39 is 53.4 Å². The average molecular weight is 527 g/mol. The number of aromatic nitrogens is 1. The van der Waals surface area contributed by atoms with E-state index in [-0.39, 0.29) is 31.3 Å². The lowest BCUT2D eigenvalue weighted by Gasteiger charge is -2.33. The summed E-state index contributed by atoms with van der Waals surface area (Å²) in [5.74, 6) is -2.80. The fourth-order valence-electron chi connectivity index (χ4n) is 5.70. The normalized spacial score (nSPS) is 23.4. The summed E-state index contributed by atoms with van der Waals surface area (Å²) < 4.78 is 0. The third-order valence-electron chi connectivity index (χ3n) is 7.66. The molecule has 4 rings (SSSR count). The number of H-pyrrole nitrogens is 1. The van der Waals surface area contributed by atoms with Crippen LogP contribution >= 0.6 is 0 Å². The van der Waals surface area contributed by atoms with Crippen LogP contribution in [0.1, 0.15) is 50.5 Å². The van der Waals surface area contributed by atoms with Gasteiger partial charge in [-0.1, -0.05) is 37.1 Å². The van der Waals surface area contributed by atoms with E-state index in [1.807, 2.05) is 24.3 Å². The third-order valence-corrected chi connectivity index (χ3v) is 7.66. The lowest BCUT2D eigenvalue weighted by atomic mass is 9.79. The van der Waals surface area contributed by atoms with Gasteiger partial charge >= 0.3 is 5.97 Å². The SMILES string of the molecule is NC(=O)[C@@H](Cc1c[nH]c2ccccc12)NC(=O)C1=C[C@@H](NC(=O)CC2(CC(=O)O)CCCC2)[C@@H](O)[C@H](O)C1. The summed E-state index contributed by atoms with van der Waals surface area (Å²) in [6.45, 7) is 0. The Morgan fingerprint density at radius 3 is 2.50 bits per heavy atom. The highest BCUT2D eigenvalue weighted by molar-refractivity contribution is 5.97. The van der Waals surface area contributed by atoms with Crippen LogP contribution in [0.5, 0.6) is 0 Å². The van der Waals surface area contributed by atoms with Crippen LogP contribution in [0.4, 0.5) is 0 Å². The predicted molar refractivity (Wildman–Crippen MR) is 138 cm³/mol. The van der Waals surface area contributed by atoms with Gasteiger partial charge in [0.25, 0.3) is 0 Å². The molecule has 0 unspecified atom stereocenters. The maximum Gasteiger partial charge on any atom is 0.303 e. The largest absolute Gasteiger partial charge is 0.481 e. The number of hydrogen-bond donors (Lipinski definition) is 7. The van der Waals surface area contributed by atoms with Gasteiger partial charge in [-0.05, 0) is 29.9 Å². The second-order valence-corrected chi connectivity index (χ2v) is 10.5. The highest BCUT2D eigenvalue weighted by Gasteiger charge is 2.40. The maximum atomic E-state index is 13.1. The summed E-state index contributed by atoms with van der Waals surface area (Å²) in [5.41, 5.74) is 6.70. The first kappa shape index (κ1) is 27.3. The molecule has 0 radical (unpaired) electrons. The fraction of sp³-hybridized carbons (Fsp3) is 0.481. The molecular formula is C27H34N4O7. The number of amides is 3. The molecule has 0 bridgehead atoms. The summed E-state index contributed by atoms with van der Waals surface area (Å²) in [7, 11) is 0. The molecular weight excluding hydrogens is 492 g/mol. The summed E-state index contributed by atoms with van der Waals surface area (Å²) in [6, 6.07) is 5.43. The van der Waals surface area contributed by atoms with Crippen LogP contribution in [0, 0.1) is 5.41 Å². The van der Waals surface area contributed by atoms with Gasteiger partial charge in [-0.2, -0.15) is 0 Å². The van der Waals surface area contributed by atoms with E-state index in [2.05, 4.69) is 15.6 Å². The lowest BCUT2D eigenvalue weighted by molar-refractivity contribution is -0.140. The highest BCUT2D eigenvalue weighted by Crippen LogP contribution is 2.44. The summed E-state index contributed by atoms with van der Waals surface area (Å²) in [5, 5.41) is 36.4. The van der Waals surface area contributed by atoms with Gasteiger partial charge in [0.1, 0.15) is 12.1 Å². The minimum absolute atomic E-state index is 0.0254. The molecule has 1 aromatic heterocycles. The zero-order valence-corrected chi connectivity index (χ0v) is 21.0. The number of carbonyl (C=O) groups is 4. The number of carboxylic acid groups (broad SMARTS) is 1. The number of aliphatic hydroxyl groups is 2. The van der Waals surface area contributed by atoms with Gasteiger partial charge in [-0.25, -0.2) is 0 Å². The van der Waals surface area contributed by atoms with Gasteiger partial charge < -0.3 is 36.7 Å². The number of aliphatic hydroxyl groups excluding tert-OH is 2. The van der Waals surface area contributed by atoms with Crippen molar-refractivity contribution >= 4 is 34.6 Å². The monoisotopic (exact) mass is 526 g/mol. The Morgan fingerprint density at radius 2 is 1.82 bits per heavy atom. The molecule has 38 heavy (non-hydrogen) atoms. The van der Waals surface area contributed by atoms with Gasteiger partial charge in [0.2, 0.25) is 17.7 Å². The minimum Gasteiger partial charge on any atom is -0.481 e. The van der Waals surface area contributed by atoms with Crippen molar-refractivity contribution in [2.45, 2.75) is 75.7 Å². The smallest absolute Gasteiger partial charge is 0.303 e. The van der Waals surface area contributed by atoms with Crippen LogP contribution in [0.15, 0.2) is 42.1 Å². The van der Waals surface area contributed by atoms with E-state index in [1.165, 1.54) is 6.08 Å². The molecule has 1 saturated carbocycles. The maximum absolute atomic E-state index is 13.1. The van der Waals surface area contributed by atoms with Crippen molar-refractivity contribution in [3.05, 3.63) is 47.7 Å². The summed E-state index contributed by atoms with van der Waals surface area (Å²) in [4.78, 5) is 52.5. The van der Waals surface area contributed by atoms with Gasteiger partial charge in [0.15, 0.2) is 0 Å². The molecule has 2 aliphatic rings. The number of para-hydroxylation sites is 1. The average Bonchev–Trinajstić information content (AvgIpc) is 3.47. The van der Waals surface area contributed by atoms with Crippen molar-refractivity contribution in [1.29, 1.82) is 0 Å². The first-order valence-electron chi connectivity index (χ1n) is 12.8. The molecule has 11 heteroatoms. The number of nitrogens with one attached hydrogen (secondary N) is 3. The predicted octanol–water partition coefficient (Wildman–Crippen LogP) is 0.642. The molecule has 0 spiro atoms. The number of benzene rings is 1. The van der Waals surface area contributed by atoms with Crippen LogP contribution in [0.2, 0.25) is 0 Å². The van der Waals surface area contributed by atoms with Crippen molar-refractivity contribution in [3.8, 4) is 0 Å². The number of aliphatic carboxylic acids is 1. The van der Waals surface area contributed by atoms with Crippen molar-refractivity contribution in [1.82, 2.24) is 15.6 Å². The van der Waals surface area contributed by atoms with Crippen LogP contribution in [0.25, 0.3) is 10.9 Å². The van der Waals surface area contributed by atoms with Crippen molar-refractivity contribution in [2.75, 3.05) is 0 Å². The van der Waals surface area contributed by atoms with Gasteiger partial charge in [-0.3, -0.25) is 19.2 Å². The van der Waals surface area contributed by atoms with Crippen LogP contribution in [-0.4, -0.2) is 68.3 Å². The van der Waals surface area contributed by atoms with Crippen LogP contribution < -0.4 is 16.4 Å². The topological polar surface area (TPSA) is 195 Å².